The molecule has 0 amide bonds. The summed E-state index contributed by atoms with van der Waals surface area (Å²) >= 11 is 0. The van der Waals surface area contributed by atoms with Crippen LogP contribution in [0.25, 0.3) is 0 Å². The SMILES string of the molecule is C=C(CC/C=C/C(=O)OC/C(=C\CO[Si](C)(C)C(C)(C)C)CCCOCc1ccccc1)[Si](C)(C)C. The van der Waals surface area contributed by atoms with Crippen LogP contribution in [-0.2, 0) is 25.3 Å². The highest BCUT2D eigenvalue weighted by Crippen LogP contribution is 2.36. The molecule has 0 unspecified atom stereocenters. The van der Waals surface area contributed by atoms with E-state index in [9.17, 15) is 4.79 Å². The molecule has 0 aliphatic carbocycles. The lowest BCUT2D eigenvalue weighted by atomic mass is 10.1. The van der Waals surface area contributed by atoms with Crippen LogP contribution in [0, 0.1) is 0 Å². The summed E-state index contributed by atoms with van der Waals surface area (Å²) in [7, 11) is -3.15. The third-order valence-corrected chi connectivity index (χ3v) is 13.7. The first-order valence-electron chi connectivity index (χ1n) is 13.2. The van der Waals surface area contributed by atoms with E-state index >= 15 is 0 Å². The molecule has 0 spiro atoms. The average Bonchev–Trinajstić information content (AvgIpc) is 2.78. The number of rotatable bonds is 16. The second-order valence-corrected chi connectivity index (χ2v) is 22.0. The fourth-order valence-corrected chi connectivity index (χ4v) is 4.83. The minimum Gasteiger partial charge on any atom is -0.458 e. The fraction of sp³-hybridized carbons (Fsp3) is 0.567. The van der Waals surface area contributed by atoms with Gasteiger partial charge in [0.05, 0.1) is 21.3 Å². The predicted molar refractivity (Wildman–Crippen MR) is 158 cm³/mol. The zero-order valence-corrected chi connectivity index (χ0v) is 26.1. The summed E-state index contributed by atoms with van der Waals surface area (Å²) in [5.41, 5.74) is 2.25. The minimum atomic E-state index is -1.84. The van der Waals surface area contributed by atoms with Crippen molar-refractivity contribution in [1.82, 2.24) is 0 Å². The Labute approximate surface area is 223 Å². The first-order valence-corrected chi connectivity index (χ1v) is 19.6. The van der Waals surface area contributed by atoms with E-state index in [-0.39, 0.29) is 17.6 Å². The number of hydrogen-bond acceptors (Lipinski definition) is 4. The molecule has 0 saturated carbocycles. The van der Waals surface area contributed by atoms with Crippen molar-refractivity contribution in [3.05, 3.63) is 71.5 Å². The van der Waals surface area contributed by atoms with Crippen molar-refractivity contribution in [1.29, 1.82) is 0 Å². The van der Waals surface area contributed by atoms with E-state index in [4.69, 9.17) is 13.9 Å². The Morgan fingerprint density at radius 2 is 1.69 bits per heavy atom. The maximum absolute atomic E-state index is 12.3. The molecule has 0 atom stereocenters. The van der Waals surface area contributed by atoms with Gasteiger partial charge in [0.2, 0.25) is 0 Å². The summed E-state index contributed by atoms with van der Waals surface area (Å²) in [5.74, 6) is -0.301. The van der Waals surface area contributed by atoms with Crippen LogP contribution in [0.5, 0.6) is 0 Å². The van der Waals surface area contributed by atoms with Crippen molar-refractivity contribution < 1.29 is 18.7 Å². The molecule has 4 nitrogen and oxygen atoms in total. The van der Waals surface area contributed by atoms with E-state index in [0.717, 1.165) is 31.3 Å². The molecule has 0 N–H and O–H groups in total. The zero-order chi connectivity index (χ0) is 27.2. The quantitative estimate of drug-likeness (QED) is 0.0709. The fourth-order valence-electron chi connectivity index (χ4n) is 3.01. The minimum absolute atomic E-state index is 0.157. The lowest BCUT2D eigenvalue weighted by molar-refractivity contribution is -0.136. The summed E-state index contributed by atoms with van der Waals surface area (Å²) in [6.07, 6.45) is 8.96. The highest BCUT2D eigenvalue weighted by atomic mass is 28.4. The second-order valence-electron chi connectivity index (χ2n) is 12.0. The van der Waals surface area contributed by atoms with Crippen LogP contribution in [0.2, 0.25) is 37.8 Å². The Kier molecular flexibility index (Phi) is 13.9. The molecule has 0 heterocycles. The van der Waals surface area contributed by atoms with E-state index in [0.29, 0.717) is 19.8 Å². The van der Waals surface area contributed by atoms with E-state index < -0.39 is 16.4 Å². The van der Waals surface area contributed by atoms with Crippen molar-refractivity contribution in [2.75, 3.05) is 19.8 Å². The Balaban J connectivity index is 2.57. The second kappa shape index (κ2) is 15.5. The Bertz CT molecular complexity index is 859. The molecule has 0 bridgehead atoms. The molecule has 1 rings (SSSR count). The van der Waals surface area contributed by atoms with Crippen molar-refractivity contribution in [2.24, 2.45) is 0 Å². The summed E-state index contributed by atoms with van der Waals surface area (Å²) < 4.78 is 17.7. The predicted octanol–water partition coefficient (Wildman–Crippen LogP) is 8.24. The largest absolute Gasteiger partial charge is 0.458 e. The number of carbonyl (C=O) groups is 1. The van der Waals surface area contributed by atoms with Gasteiger partial charge < -0.3 is 13.9 Å². The summed E-state index contributed by atoms with van der Waals surface area (Å²) in [6, 6.07) is 10.2. The first-order chi connectivity index (χ1) is 16.7. The van der Waals surface area contributed by atoms with E-state index in [2.05, 4.69) is 78.3 Å². The first kappa shape index (κ1) is 32.3. The summed E-state index contributed by atoms with van der Waals surface area (Å²) in [6.45, 7) is 24.4. The Morgan fingerprint density at radius 3 is 2.31 bits per heavy atom. The van der Waals surface area contributed by atoms with Gasteiger partial charge in [-0.2, -0.15) is 0 Å². The van der Waals surface area contributed by atoms with E-state index in [1.54, 1.807) is 6.08 Å². The highest BCUT2D eigenvalue weighted by molar-refractivity contribution is 6.82. The molecule has 202 valence electrons. The van der Waals surface area contributed by atoms with Gasteiger partial charge in [0, 0.05) is 12.7 Å². The number of allylic oxidation sites excluding steroid dienone is 2. The van der Waals surface area contributed by atoms with Gasteiger partial charge in [0.25, 0.3) is 0 Å². The van der Waals surface area contributed by atoms with Crippen molar-refractivity contribution >= 4 is 22.4 Å². The van der Waals surface area contributed by atoms with Crippen molar-refractivity contribution in [2.45, 2.75) is 90.8 Å². The normalized spacial score (nSPS) is 13.3. The zero-order valence-electron chi connectivity index (χ0n) is 24.1. The number of esters is 1. The molecule has 0 aliphatic heterocycles. The lowest BCUT2D eigenvalue weighted by Gasteiger charge is -2.35. The maximum Gasteiger partial charge on any atom is 0.330 e. The molecule has 1 aromatic rings. The number of hydrogen-bond donors (Lipinski definition) is 0. The third-order valence-electron chi connectivity index (χ3n) is 6.85. The molecular weight excluding hydrogens is 480 g/mol. The van der Waals surface area contributed by atoms with Crippen molar-refractivity contribution in [3.63, 3.8) is 0 Å². The van der Waals surface area contributed by atoms with Crippen LogP contribution in [0.4, 0.5) is 0 Å². The van der Waals surface area contributed by atoms with Crippen LogP contribution in [0.3, 0.4) is 0 Å². The van der Waals surface area contributed by atoms with Gasteiger partial charge in [0.15, 0.2) is 8.32 Å². The van der Waals surface area contributed by atoms with Gasteiger partial charge in [-0.3, -0.25) is 0 Å². The molecule has 0 saturated heterocycles. The topological polar surface area (TPSA) is 44.8 Å². The smallest absolute Gasteiger partial charge is 0.330 e. The molecule has 0 aromatic heterocycles. The van der Waals surface area contributed by atoms with Gasteiger partial charge in [-0.05, 0) is 55.0 Å². The van der Waals surface area contributed by atoms with Gasteiger partial charge in [-0.1, -0.05) is 88.1 Å². The van der Waals surface area contributed by atoms with Crippen LogP contribution in [0.15, 0.2) is 65.9 Å². The van der Waals surface area contributed by atoms with E-state index in [1.807, 2.05) is 24.3 Å². The standard InChI is InChI=1S/C30H50O4Si2/c1-26(35(5,6)7)16-13-14-20-29(31)33-25-28(21-23-34-36(8,9)30(2,3)4)19-15-22-32-24-27-17-11-10-12-18-27/h10-12,14,17-18,20-21H,1,13,15-16,19,22-25H2,2-9H3/b20-14+,28-21-. The van der Waals surface area contributed by atoms with E-state index in [1.165, 1.54) is 10.8 Å². The maximum atomic E-state index is 12.3. The van der Waals surface area contributed by atoms with Gasteiger partial charge >= 0.3 is 5.97 Å². The molecule has 1 aromatic carbocycles. The lowest BCUT2D eigenvalue weighted by Crippen LogP contribution is -2.40. The summed E-state index contributed by atoms with van der Waals surface area (Å²) in [4.78, 5) is 12.3. The Hall–Kier alpha value is -1.74. The number of ether oxygens (including phenoxy) is 2. The molecule has 0 fully saturated rings. The highest BCUT2D eigenvalue weighted by Gasteiger charge is 2.36. The molecule has 36 heavy (non-hydrogen) atoms. The van der Waals surface area contributed by atoms with Gasteiger partial charge in [-0.25, -0.2) is 4.79 Å². The van der Waals surface area contributed by atoms with Gasteiger partial charge in [0.1, 0.15) is 6.61 Å². The van der Waals surface area contributed by atoms with Crippen LogP contribution >= 0.6 is 0 Å². The molecule has 0 radical (unpaired) electrons. The third kappa shape index (κ3) is 13.5. The molecule has 0 aliphatic rings. The van der Waals surface area contributed by atoms with Gasteiger partial charge in [-0.15, -0.1) is 6.58 Å². The van der Waals surface area contributed by atoms with Crippen molar-refractivity contribution in [3.8, 4) is 0 Å². The average molecular weight is 531 g/mol. The van der Waals surface area contributed by atoms with Crippen LogP contribution in [-0.4, -0.2) is 42.2 Å². The Morgan fingerprint density at radius 1 is 1.03 bits per heavy atom. The molecular formula is C30H50O4Si2. The summed E-state index contributed by atoms with van der Waals surface area (Å²) in [5, 5.41) is 1.48. The number of benzene rings is 1. The van der Waals surface area contributed by atoms with Crippen LogP contribution < -0.4 is 0 Å². The number of carbonyl (C=O) groups excluding carboxylic acids is 1. The van der Waals surface area contributed by atoms with Crippen LogP contribution in [0.1, 0.15) is 52.0 Å². The molecule has 6 heteroatoms. The monoisotopic (exact) mass is 530 g/mol.